The van der Waals surface area contributed by atoms with Crippen molar-refractivity contribution in [3.05, 3.63) is 35.4 Å². The van der Waals surface area contributed by atoms with Crippen molar-refractivity contribution in [2.75, 3.05) is 18.9 Å². The third kappa shape index (κ3) is 2.89. The standard InChI is InChI=1S/C10H13NO2/c11-10-3-1-8(2-4-10)5-9(6-12)7-13/h1-5,12-13H,6-7,11H2. The van der Waals surface area contributed by atoms with Crippen molar-refractivity contribution in [1.82, 2.24) is 0 Å². The molecule has 0 aliphatic rings. The van der Waals surface area contributed by atoms with E-state index in [4.69, 9.17) is 15.9 Å². The van der Waals surface area contributed by atoms with Gasteiger partial charge in [0.1, 0.15) is 0 Å². The van der Waals surface area contributed by atoms with Gasteiger partial charge in [-0.25, -0.2) is 0 Å². The maximum Gasteiger partial charge on any atom is 0.0667 e. The minimum Gasteiger partial charge on any atom is -0.399 e. The third-order valence-electron chi connectivity index (χ3n) is 1.71. The lowest BCUT2D eigenvalue weighted by Gasteiger charge is -1.99. The molecule has 0 aliphatic heterocycles. The van der Waals surface area contributed by atoms with Crippen LogP contribution in [0.3, 0.4) is 0 Å². The first-order valence-corrected chi connectivity index (χ1v) is 4.03. The van der Waals surface area contributed by atoms with Gasteiger partial charge in [0.15, 0.2) is 0 Å². The van der Waals surface area contributed by atoms with Gasteiger partial charge in [0, 0.05) is 5.69 Å². The summed E-state index contributed by atoms with van der Waals surface area (Å²) in [6.07, 6.45) is 1.74. The van der Waals surface area contributed by atoms with Gasteiger partial charge < -0.3 is 15.9 Å². The summed E-state index contributed by atoms with van der Waals surface area (Å²) < 4.78 is 0. The summed E-state index contributed by atoms with van der Waals surface area (Å²) in [6, 6.07) is 7.22. The molecule has 0 heterocycles. The molecule has 0 spiro atoms. The van der Waals surface area contributed by atoms with Gasteiger partial charge >= 0.3 is 0 Å². The Labute approximate surface area is 77.1 Å². The number of benzene rings is 1. The van der Waals surface area contributed by atoms with Crippen molar-refractivity contribution in [3.8, 4) is 0 Å². The van der Waals surface area contributed by atoms with Crippen LogP contribution >= 0.6 is 0 Å². The number of hydrogen-bond acceptors (Lipinski definition) is 3. The first-order valence-electron chi connectivity index (χ1n) is 4.03. The summed E-state index contributed by atoms with van der Waals surface area (Å²) in [5.41, 5.74) is 7.71. The fourth-order valence-corrected chi connectivity index (χ4v) is 0.969. The molecule has 0 saturated carbocycles. The van der Waals surface area contributed by atoms with Crippen LogP contribution in [0, 0.1) is 0 Å². The number of aliphatic hydroxyl groups is 2. The second kappa shape index (κ2) is 4.64. The van der Waals surface area contributed by atoms with E-state index in [1.807, 2.05) is 12.1 Å². The molecular weight excluding hydrogens is 166 g/mol. The van der Waals surface area contributed by atoms with E-state index in [1.165, 1.54) is 0 Å². The average Bonchev–Trinajstić information content (AvgIpc) is 2.17. The van der Waals surface area contributed by atoms with Crippen molar-refractivity contribution in [3.63, 3.8) is 0 Å². The molecule has 0 radical (unpaired) electrons. The molecule has 13 heavy (non-hydrogen) atoms. The molecule has 0 bridgehead atoms. The summed E-state index contributed by atoms with van der Waals surface area (Å²) in [7, 11) is 0. The first kappa shape index (κ1) is 9.77. The van der Waals surface area contributed by atoms with Gasteiger partial charge in [-0.1, -0.05) is 18.2 Å². The number of nitrogen functional groups attached to an aromatic ring is 1. The highest BCUT2D eigenvalue weighted by Crippen LogP contribution is 2.09. The lowest BCUT2D eigenvalue weighted by molar-refractivity contribution is 0.278. The lowest BCUT2D eigenvalue weighted by Crippen LogP contribution is -1.95. The first-order chi connectivity index (χ1) is 6.26. The smallest absolute Gasteiger partial charge is 0.0667 e. The van der Waals surface area contributed by atoms with E-state index in [0.29, 0.717) is 11.3 Å². The molecule has 1 rings (SSSR count). The van der Waals surface area contributed by atoms with Crippen molar-refractivity contribution in [2.45, 2.75) is 0 Å². The topological polar surface area (TPSA) is 66.5 Å². The van der Waals surface area contributed by atoms with Crippen LogP contribution in [0.25, 0.3) is 6.08 Å². The van der Waals surface area contributed by atoms with Crippen LogP contribution in [0.15, 0.2) is 29.8 Å². The Kier molecular flexibility index (Phi) is 3.49. The van der Waals surface area contributed by atoms with E-state index < -0.39 is 0 Å². The van der Waals surface area contributed by atoms with Crippen LogP contribution in [0.2, 0.25) is 0 Å². The van der Waals surface area contributed by atoms with Gasteiger partial charge in [-0.15, -0.1) is 0 Å². The Bertz CT molecular complexity index is 284. The second-order valence-corrected chi connectivity index (χ2v) is 2.79. The van der Waals surface area contributed by atoms with Gasteiger partial charge in [0.05, 0.1) is 13.2 Å². The SMILES string of the molecule is Nc1ccc(C=C(CO)CO)cc1. The maximum absolute atomic E-state index is 8.79. The molecule has 3 heteroatoms. The minimum atomic E-state index is -0.124. The van der Waals surface area contributed by atoms with Crippen molar-refractivity contribution in [1.29, 1.82) is 0 Å². The third-order valence-corrected chi connectivity index (χ3v) is 1.71. The van der Waals surface area contributed by atoms with Crippen molar-refractivity contribution >= 4 is 11.8 Å². The van der Waals surface area contributed by atoms with Gasteiger partial charge in [-0.2, -0.15) is 0 Å². The lowest BCUT2D eigenvalue weighted by atomic mass is 10.1. The predicted octanol–water partition coefficient (Wildman–Crippen LogP) is 0.637. The quantitative estimate of drug-likeness (QED) is 0.596. The molecule has 0 amide bonds. The molecule has 0 saturated heterocycles. The summed E-state index contributed by atoms with van der Waals surface area (Å²) >= 11 is 0. The van der Waals surface area contributed by atoms with Crippen molar-refractivity contribution < 1.29 is 10.2 Å². The molecule has 1 aromatic carbocycles. The van der Waals surface area contributed by atoms with E-state index >= 15 is 0 Å². The zero-order valence-corrected chi connectivity index (χ0v) is 7.27. The largest absolute Gasteiger partial charge is 0.399 e. The Hall–Kier alpha value is -1.32. The maximum atomic E-state index is 8.79. The summed E-state index contributed by atoms with van der Waals surface area (Å²) in [5.74, 6) is 0. The van der Waals surface area contributed by atoms with Gasteiger partial charge in [0.2, 0.25) is 0 Å². The molecule has 1 aromatic rings. The van der Waals surface area contributed by atoms with Crippen LogP contribution in [0.5, 0.6) is 0 Å². The fourth-order valence-electron chi connectivity index (χ4n) is 0.969. The Balaban J connectivity index is 2.84. The van der Waals surface area contributed by atoms with Crippen LogP contribution < -0.4 is 5.73 Å². The normalized spacial score (nSPS) is 9.69. The van der Waals surface area contributed by atoms with Crippen LogP contribution in [0.1, 0.15) is 5.56 Å². The van der Waals surface area contributed by atoms with E-state index in [0.717, 1.165) is 5.56 Å². The number of nitrogens with two attached hydrogens (primary N) is 1. The summed E-state index contributed by atoms with van der Waals surface area (Å²) in [6.45, 7) is -0.248. The molecule has 0 unspecified atom stereocenters. The predicted molar refractivity (Wildman–Crippen MR) is 53.0 cm³/mol. The van der Waals surface area contributed by atoms with Crippen molar-refractivity contribution in [2.24, 2.45) is 0 Å². The molecule has 0 atom stereocenters. The number of rotatable bonds is 3. The molecule has 0 aliphatic carbocycles. The minimum absolute atomic E-state index is 0.124. The Morgan fingerprint density at radius 3 is 2.15 bits per heavy atom. The Morgan fingerprint density at radius 1 is 1.15 bits per heavy atom. The molecule has 70 valence electrons. The van der Waals surface area contributed by atoms with Gasteiger partial charge in [-0.3, -0.25) is 0 Å². The highest BCUT2D eigenvalue weighted by Gasteiger charge is 1.93. The molecule has 0 aromatic heterocycles. The highest BCUT2D eigenvalue weighted by molar-refractivity contribution is 5.56. The number of anilines is 1. The molecular formula is C10H13NO2. The second-order valence-electron chi connectivity index (χ2n) is 2.79. The summed E-state index contributed by atoms with van der Waals surface area (Å²) in [4.78, 5) is 0. The van der Waals surface area contributed by atoms with Crippen LogP contribution in [0.4, 0.5) is 5.69 Å². The van der Waals surface area contributed by atoms with Gasteiger partial charge in [-0.05, 0) is 23.3 Å². The van der Waals surface area contributed by atoms with Gasteiger partial charge in [0.25, 0.3) is 0 Å². The van der Waals surface area contributed by atoms with E-state index in [9.17, 15) is 0 Å². The zero-order valence-electron chi connectivity index (χ0n) is 7.27. The molecule has 0 fully saturated rings. The zero-order chi connectivity index (χ0) is 9.68. The number of hydrogen-bond donors (Lipinski definition) is 3. The summed E-state index contributed by atoms with van der Waals surface area (Å²) in [5, 5.41) is 17.6. The average molecular weight is 179 g/mol. The van der Waals surface area contributed by atoms with Crippen LogP contribution in [-0.4, -0.2) is 23.4 Å². The van der Waals surface area contributed by atoms with Crippen LogP contribution in [-0.2, 0) is 0 Å². The fraction of sp³-hybridized carbons (Fsp3) is 0.200. The Morgan fingerprint density at radius 2 is 1.69 bits per heavy atom. The van der Waals surface area contributed by atoms with E-state index in [-0.39, 0.29) is 13.2 Å². The molecule has 4 N–H and O–H groups in total. The van der Waals surface area contributed by atoms with E-state index in [1.54, 1.807) is 18.2 Å². The highest BCUT2D eigenvalue weighted by atomic mass is 16.3. The molecule has 3 nitrogen and oxygen atoms in total. The number of aliphatic hydroxyl groups excluding tert-OH is 2. The monoisotopic (exact) mass is 179 g/mol. The van der Waals surface area contributed by atoms with E-state index in [2.05, 4.69) is 0 Å².